The van der Waals surface area contributed by atoms with E-state index in [1.165, 1.54) is 14.7 Å². The van der Waals surface area contributed by atoms with E-state index in [1.807, 2.05) is 4.68 Å². The molecular weight excluding hydrogens is 535 g/mol. The number of benzene rings is 2. The summed E-state index contributed by atoms with van der Waals surface area (Å²) in [5.41, 5.74) is 3.64. The topological polar surface area (TPSA) is 59.0 Å². The number of carbonyl (C=O) groups is 1. The zero-order chi connectivity index (χ0) is 24.5. The maximum Gasteiger partial charge on any atom is 0.257 e. The van der Waals surface area contributed by atoms with Gasteiger partial charge in [0.25, 0.3) is 5.91 Å². The van der Waals surface area contributed by atoms with Gasteiger partial charge in [-0.3, -0.25) is 4.79 Å². The predicted molar refractivity (Wildman–Crippen MR) is 147 cm³/mol. The lowest BCUT2D eigenvalue weighted by Gasteiger charge is -2.39. The van der Waals surface area contributed by atoms with Gasteiger partial charge in [0.05, 0.1) is 23.3 Å². The number of hydrogen-bond acceptors (Lipinski definition) is 3. The van der Waals surface area contributed by atoms with Crippen LogP contribution in [0.15, 0.2) is 54.7 Å². The molecule has 5 nitrogen and oxygen atoms in total. The van der Waals surface area contributed by atoms with Crippen molar-refractivity contribution in [2.75, 3.05) is 5.32 Å². The van der Waals surface area contributed by atoms with Crippen LogP contribution in [0.25, 0.3) is 0 Å². The first-order chi connectivity index (χ1) is 16.2. The molecule has 0 bridgehead atoms. The summed E-state index contributed by atoms with van der Waals surface area (Å²) in [7, 11) is 0. The molecule has 34 heavy (non-hydrogen) atoms. The van der Waals surface area contributed by atoms with Crippen LogP contribution < -0.4 is 10.6 Å². The van der Waals surface area contributed by atoms with Crippen molar-refractivity contribution < 1.29 is 4.79 Å². The number of nitrogens with one attached hydrogen (secondary N) is 2. The highest BCUT2D eigenvalue weighted by Gasteiger charge is 2.39. The second kappa shape index (κ2) is 9.72. The van der Waals surface area contributed by atoms with E-state index in [-0.39, 0.29) is 17.5 Å². The normalized spacial score (nSPS) is 18.5. The maximum atomic E-state index is 13.8. The largest absolute Gasteiger partial charge is 0.363 e. The van der Waals surface area contributed by atoms with Crippen molar-refractivity contribution >= 4 is 34.3 Å². The molecule has 2 N–H and O–H groups in total. The first kappa shape index (κ1) is 24.8. The summed E-state index contributed by atoms with van der Waals surface area (Å²) in [6.45, 7) is 10.8. The Kier molecular flexibility index (Phi) is 7.08. The molecule has 1 aliphatic rings. The molecule has 1 aromatic heterocycles. The van der Waals surface area contributed by atoms with Crippen LogP contribution in [0.2, 0.25) is 0 Å². The van der Waals surface area contributed by atoms with E-state index in [2.05, 4.69) is 121 Å². The summed E-state index contributed by atoms with van der Waals surface area (Å²) in [6.07, 6.45) is 5.29. The zero-order valence-electron chi connectivity index (χ0n) is 20.8. The zero-order valence-corrected chi connectivity index (χ0v) is 22.9. The van der Waals surface area contributed by atoms with E-state index in [9.17, 15) is 4.79 Å². The lowest BCUT2D eigenvalue weighted by molar-refractivity contribution is 0.0886. The summed E-state index contributed by atoms with van der Waals surface area (Å²) >= 11 is 2.32. The summed E-state index contributed by atoms with van der Waals surface area (Å²) < 4.78 is 3.17. The van der Waals surface area contributed by atoms with Gasteiger partial charge < -0.3 is 10.6 Å². The monoisotopic (exact) mass is 570 g/mol. The van der Waals surface area contributed by atoms with Gasteiger partial charge in [0.1, 0.15) is 11.4 Å². The smallest absolute Gasteiger partial charge is 0.257 e. The highest BCUT2D eigenvalue weighted by Crippen LogP contribution is 2.41. The molecule has 0 aliphatic carbocycles. The van der Waals surface area contributed by atoms with E-state index >= 15 is 0 Å². The Labute approximate surface area is 216 Å². The third-order valence-corrected chi connectivity index (χ3v) is 7.91. The summed E-state index contributed by atoms with van der Waals surface area (Å²) in [5.74, 6) is 0.718. The highest BCUT2D eigenvalue weighted by atomic mass is 127. The first-order valence-electron chi connectivity index (χ1n) is 12.2. The number of carbonyl (C=O) groups excluding carboxylic acids is 1. The van der Waals surface area contributed by atoms with Crippen LogP contribution in [0.3, 0.4) is 0 Å². The van der Waals surface area contributed by atoms with Crippen LogP contribution in [-0.2, 0) is 11.1 Å². The molecule has 2 unspecified atom stereocenters. The molecule has 0 saturated carbocycles. The number of anilines is 1. The molecule has 2 aromatic carbocycles. The fourth-order valence-electron chi connectivity index (χ4n) is 5.31. The number of halogens is 1. The van der Waals surface area contributed by atoms with Crippen molar-refractivity contribution in [3.8, 4) is 0 Å². The standard InChI is InChI=1S/C28H35IN4O/c1-6-16-28(7-2,20-12-14-21(29)15-13-20)32-26(34)23-18-30-33-25(23)31-24(17-27(33,4)5)22-11-9-8-10-19(22)3/h8-15,18,24,31H,6-7,16-17H2,1-5H3,(H,32,34). The number of amides is 1. The van der Waals surface area contributed by atoms with Gasteiger partial charge in [-0.25, -0.2) is 4.68 Å². The van der Waals surface area contributed by atoms with E-state index < -0.39 is 5.54 Å². The van der Waals surface area contributed by atoms with Crippen LogP contribution >= 0.6 is 22.6 Å². The number of hydrogen-bond donors (Lipinski definition) is 2. The first-order valence-corrected chi connectivity index (χ1v) is 13.3. The molecule has 0 radical (unpaired) electrons. The number of nitrogens with zero attached hydrogens (tertiary/aromatic N) is 2. The van der Waals surface area contributed by atoms with E-state index in [0.717, 1.165) is 37.1 Å². The SMILES string of the molecule is CCCC(CC)(NC(=O)c1cnn2c1NC(c1ccccc1C)CC2(C)C)c1ccc(I)cc1. The third-order valence-electron chi connectivity index (χ3n) is 7.20. The molecule has 0 fully saturated rings. The van der Waals surface area contributed by atoms with Gasteiger partial charge in [-0.1, -0.05) is 56.7 Å². The Hall–Kier alpha value is -2.35. The molecule has 0 spiro atoms. The minimum Gasteiger partial charge on any atom is -0.363 e. The molecular formula is C28H35IN4O. The number of rotatable bonds is 7. The van der Waals surface area contributed by atoms with Crippen LogP contribution in [0.5, 0.6) is 0 Å². The second-order valence-electron chi connectivity index (χ2n) is 10.0. The number of aromatic nitrogens is 2. The lowest BCUT2D eigenvalue weighted by atomic mass is 9.83. The van der Waals surface area contributed by atoms with Crippen molar-refractivity contribution in [1.29, 1.82) is 0 Å². The summed E-state index contributed by atoms with van der Waals surface area (Å²) in [6, 6.07) is 17.1. The highest BCUT2D eigenvalue weighted by molar-refractivity contribution is 14.1. The van der Waals surface area contributed by atoms with E-state index in [1.54, 1.807) is 6.20 Å². The molecule has 180 valence electrons. The average Bonchev–Trinajstić information content (AvgIpc) is 3.24. The minimum atomic E-state index is -0.412. The Bertz CT molecular complexity index is 1170. The van der Waals surface area contributed by atoms with Gasteiger partial charge in [-0.2, -0.15) is 5.10 Å². The summed E-state index contributed by atoms with van der Waals surface area (Å²) in [5, 5.41) is 11.7. The Balaban J connectivity index is 1.69. The van der Waals surface area contributed by atoms with Gasteiger partial charge in [0, 0.05) is 3.57 Å². The Morgan fingerprint density at radius 2 is 1.91 bits per heavy atom. The number of fused-ring (bicyclic) bond motifs is 1. The van der Waals surface area contributed by atoms with Gasteiger partial charge in [-0.05, 0) is 91.4 Å². The fourth-order valence-corrected chi connectivity index (χ4v) is 5.67. The van der Waals surface area contributed by atoms with Crippen molar-refractivity contribution in [3.63, 3.8) is 0 Å². The molecule has 4 rings (SSSR count). The van der Waals surface area contributed by atoms with Crippen LogP contribution in [0.4, 0.5) is 5.82 Å². The van der Waals surface area contributed by atoms with E-state index in [0.29, 0.717) is 5.56 Å². The van der Waals surface area contributed by atoms with Gasteiger partial charge in [0.15, 0.2) is 0 Å². The Morgan fingerprint density at radius 1 is 1.21 bits per heavy atom. The molecule has 2 atom stereocenters. The molecule has 2 heterocycles. The summed E-state index contributed by atoms with van der Waals surface area (Å²) in [4.78, 5) is 13.8. The lowest BCUT2D eigenvalue weighted by Crippen LogP contribution is -2.46. The van der Waals surface area contributed by atoms with Crippen molar-refractivity contribution in [2.24, 2.45) is 0 Å². The van der Waals surface area contributed by atoms with Gasteiger partial charge >= 0.3 is 0 Å². The van der Waals surface area contributed by atoms with Crippen molar-refractivity contribution in [3.05, 3.63) is 80.6 Å². The molecule has 6 heteroatoms. The van der Waals surface area contributed by atoms with Crippen LogP contribution in [0, 0.1) is 10.5 Å². The van der Waals surface area contributed by atoms with Gasteiger partial charge in [0.2, 0.25) is 0 Å². The van der Waals surface area contributed by atoms with E-state index in [4.69, 9.17) is 0 Å². The number of aryl methyl sites for hydroxylation is 1. The van der Waals surface area contributed by atoms with Crippen molar-refractivity contribution in [1.82, 2.24) is 15.1 Å². The quantitative estimate of drug-likeness (QED) is 0.303. The molecule has 1 aliphatic heterocycles. The van der Waals surface area contributed by atoms with Gasteiger partial charge in [-0.15, -0.1) is 0 Å². The Morgan fingerprint density at radius 3 is 2.56 bits per heavy atom. The third kappa shape index (κ3) is 4.61. The average molecular weight is 571 g/mol. The second-order valence-corrected chi connectivity index (χ2v) is 11.3. The minimum absolute atomic E-state index is 0.0798. The molecule has 1 amide bonds. The molecule has 3 aromatic rings. The van der Waals surface area contributed by atoms with Crippen molar-refractivity contribution in [2.45, 2.75) is 77.4 Å². The maximum absolute atomic E-state index is 13.8. The molecule has 0 saturated heterocycles. The predicted octanol–water partition coefficient (Wildman–Crippen LogP) is 6.92. The van der Waals surface area contributed by atoms with Crippen LogP contribution in [0.1, 0.15) is 86.5 Å². The van der Waals surface area contributed by atoms with Crippen LogP contribution in [-0.4, -0.2) is 15.7 Å². The fraction of sp³-hybridized carbons (Fsp3) is 0.429.